The van der Waals surface area contributed by atoms with E-state index in [1.54, 1.807) is 12.1 Å². The van der Waals surface area contributed by atoms with E-state index in [0.29, 0.717) is 18.9 Å². The van der Waals surface area contributed by atoms with Gasteiger partial charge in [-0.25, -0.2) is 0 Å². The summed E-state index contributed by atoms with van der Waals surface area (Å²) in [7, 11) is 1.42. The molecular weight excluding hydrogens is 443 g/mol. The van der Waals surface area contributed by atoms with Gasteiger partial charge >= 0.3 is 6.61 Å². The smallest absolute Gasteiger partial charge is 0.387 e. The molecule has 8 heteroatoms. The van der Waals surface area contributed by atoms with Crippen molar-refractivity contribution in [2.45, 2.75) is 38.7 Å². The second kappa shape index (κ2) is 11.3. The van der Waals surface area contributed by atoms with Gasteiger partial charge in [0.1, 0.15) is 0 Å². The third kappa shape index (κ3) is 7.21. The van der Waals surface area contributed by atoms with Gasteiger partial charge in [0.2, 0.25) is 0 Å². The third-order valence-corrected chi connectivity index (χ3v) is 4.05. The van der Waals surface area contributed by atoms with E-state index in [2.05, 4.69) is 14.6 Å². The molecule has 1 heterocycles. The maximum Gasteiger partial charge on any atom is 0.387 e. The van der Waals surface area contributed by atoms with E-state index in [-0.39, 0.29) is 35.5 Å². The summed E-state index contributed by atoms with van der Waals surface area (Å²) in [6, 6.07) is 4.99. The average molecular weight is 469 g/mol. The zero-order valence-corrected chi connectivity index (χ0v) is 16.7. The topological polar surface area (TPSA) is 60.1 Å². The van der Waals surface area contributed by atoms with Crippen LogP contribution in [0.25, 0.3) is 0 Å². The minimum atomic E-state index is -2.88. The Labute approximate surface area is 164 Å². The minimum absolute atomic E-state index is 0. The molecule has 0 saturated carbocycles. The molecule has 1 aromatic carbocycles. The number of benzene rings is 1. The quantitative estimate of drug-likeness (QED) is 0.393. The van der Waals surface area contributed by atoms with Crippen LogP contribution in [0.3, 0.4) is 0 Å². The van der Waals surface area contributed by atoms with Gasteiger partial charge in [0.05, 0.1) is 7.11 Å². The molecule has 0 unspecified atom stereocenters. The van der Waals surface area contributed by atoms with Gasteiger partial charge in [0.25, 0.3) is 0 Å². The second-order valence-corrected chi connectivity index (χ2v) is 5.75. The molecule has 0 spiro atoms. The van der Waals surface area contributed by atoms with Gasteiger partial charge in [-0.05, 0) is 37.0 Å². The number of guanidine groups is 1. The molecule has 1 aromatic rings. The largest absolute Gasteiger partial charge is 0.493 e. The Morgan fingerprint density at radius 3 is 2.48 bits per heavy atom. The average Bonchev–Trinajstić information content (AvgIpc) is 2.84. The molecule has 0 bridgehead atoms. The van der Waals surface area contributed by atoms with Crippen LogP contribution >= 0.6 is 24.0 Å². The standard InChI is InChI=1S/C17H25F2N3O2.HI/c1-23-14-7-6-13(12-15(14)24-16(18)19)8-9-21-17(20)22-10-4-2-3-5-11-22;/h6-7,12,16H,2-5,8-11H2,1H3,(H2,20,21);1H. The van der Waals surface area contributed by atoms with Gasteiger partial charge in [-0.2, -0.15) is 8.78 Å². The number of halogens is 3. The van der Waals surface area contributed by atoms with E-state index in [4.69, 9.17) is 10.5 Å². The summed E-state index contributed by atoms with van der Waals surface area (Å²) in [5.41, 5.74) is 6.90. The fourth-order valence-electron chi connectivity index (χ4n) is 2.76. The summed E-state index contributed by atoms with van der Waals surface area (Å²) in [6.07, 6.45) is 5.36. The summed E-state index contributed by atoms with van der Waals surface area (Å²) in [5, 5.41) is 0. The van der Waals surface area contributed by atoms with Crippen molar-refractivity contribution in [2.24, 2.45) is 10.7 Å². The summed E-state index contributed by atoms with van der Waals surface area (Å²) in [5.74, 6) is 0.885. The van der Waals surface area contributed by atoms with Crippen LogP contribution in [0, 0.1) is 0 Å². The lowest BCUT2D eigenvalue weighted by atomic mass is 10.1. The SMILES string of the molecule is COc1ccc(CCN=C(N)N2CCCCCC2)cc1OC(F)F.I. The van der Waals surface area contributed by atoms with Crippen molar-refractivity contribution in [3.63, 3.8) is 0 Å². The van der Waals surface area contributed by atoms with Gasteiger partial charge in [0.15, 0.2) is 17.5 Å². The summed E-state index contributed by atoms with van der Waals surface area (Å²) in [4.78, 5) is 6.54. The Kier molecular flexibility index (Phi) is 9.84. The minimum Gasteiger partial charge on any atom is -0.493 e. The lowest BCUT2D eigenvalue weighted by molar-refractivity contribution is -0.0512. The Morgan fingerprint density at radius 1 is 1.20 bits per heavy atom. The van der Waals surface area contributed by atoms with Crippen molar-refractivity contribution in [2.75, 3.05) is 26.7 Å². The van der Waals surface area contributed by atoms with Crippen molar-refractivity contribution >= 4 is 29.9 Å². The van der Waals surface area contributed by atoms with Gasteiger partial charge in [-0.3, -0.25) is 4.99 Å². The number of rotatable bonds is 6. The van der Waals surface area contributed by atoms with E-state index in [1.807, 2.05) is 6.07 Å². The van der Waals surface area contributed by atoms with Crippen LogP contribution in [0.15, 0.2) is 23.2 Å². The molecule has 0 aliphatic carbocycles. The molecule has 1 aliphatic heterocycles. The van der Waals surface area contributed by atoms with Crippen LogP contribution < -0.4 is 15.2 Å². The Morgan fingerprint density at radius 2 is 1.88 bits per heavy atom. The van der Waals surface area contributed by atoms with Gasteiger partial charge in [-0.15, -0.1) is 24.0 Å². The Bertz CT molecular complexity index is 551. The highest BCUT2D eigenvalue weighted by molar-refractivity contribution is 14.0. The highest BCUT2D eigenvalue weighted by Gasteiger charge is 2.12. The van der Waals surface area contributed by atoms with Crippen molar-refractivity contribution in [3.8, 4) is 11.5 Å². The van der Waals surface area contributed by atoms with Crippen LogP contribution in [-0.2, 0) is 6.42 Å². The highest BCUT2D eigenvalue weighted by Crippen LogP contribution is 2.29. The maximum atomic E-state index is 12.4. The van der Waals surface area contributed by atoms with E-state index >= 15 is 0 Å². The Hall–Kier alpha value is -1.32. The number of aliphatic imine (C=N–C) groups is 1. The second-order valence-electron chi connectivity index (χ2n) is 5.75. The number of nitrogens with two attached hydrogens (primary N) is 1. The number of likely N-dealkylation sites (tertiary alicyclic amines) is 1. The molecule has 1 saturated heterocycles. The monoisotopic (exact) mass is 469 g/mol. The zero-order valence-electron chi connectivity index (χ0n) is 14.4. The number of hydrogen-bond acceptors (Lipinski definition) is 3. The van der Waals surface area contributed by atoms with Crippen LogP contribution in [0.1, 0.15) is 31.2 Å². The van der Waals surface area contributed by atoms with E-state index in [9.17, 15) is 8.78 Å². The predicted octanol–water partition coefficient (Wildman–Crippen LogP) is 3.65. The first-order chi connectivity index (χ1) is 11.6. The lowest BCUT2D eigenvalue weighted by Crippen LogP contribution is -2.38. The number of methoxy groups -OCH3 is 1. The highest BCUT2D eigenvalue weighted by atomic mass is 127. The molecule has 2 N–H and O–H groups in total. The van der Waals surface area contributed by atoms with Crippen molar-refractivity contribution in [3.05, 3.63) is 23.8 Å². The van der Waals surface area contributed by atoms with E-state index < -0.39 is 6.61 Å². The first-order valence-corrected chi connectivity index (χ1v) is 8.26. The van der Waals surface area contributed by atoms with Gasteiger partial charge in [-0.1, -0.05) is 18.9 Å². The summed E-state index contributed by atoms with van der Waals surface area (Å²) >= 11 is 0. The first kappa shape index (κ1) is 21.7. The zero-order chi connectivity index (χ0) is 17.4. The van der Waals surface area contributed by atoms with Crippen molar-refractivity contribution < 1.29 is 18.3 Å². The van der Waals surface area contributed by atoms with Crippen LogP contribution in [-0.4, -0.2) is 44.2 Å². The van der Waals surface area contributed by atoms with Gasteiger partial charge in [0, 0.05) is 19.6 Å². The molecule has 142 valence electrons. The fraction of sp³-hybridized carbons (Fsp3) is 0.588. The first-order valence-electron chi connectivity index (χ1n) is 8.26. The maximum absolute atomic E-state index is 12.4. The number of alkyl halides is 2. The fourth-order valence-corrected chi connectivity index (χ4v) is 2.76. The summed E-state index contributed by atoms with van der Waals surface area (Å²) < 4.78 is 34.4. The molecule has 2 rings (SSSR count). The van der Waals surface area contributed by atoms with Crippen LogP contribution in [0.2, 0.25) is 0 Å². The third-order valence-electron chi connectivity index (χ3n) is 4.05. The van der Waals surface area contributed by atoms with Crippen LogP contribution in [0.5, 0.6) is 11.5 Å². The van der Waals surface area contributed by atoms with E-state index in [0.717, 1.165) is 31.5 Å². The molecule has 5 nitrogen and oxygen atoms in total. The molecule has 0 radical (unpaired) electrons. The molecule has 1 fully saturated rings. The normalized spacial score (nSPS) is 15.5. The number of nitrogens with zero attached hydrogens (tertiary/aromatic N) is 2. The predicted molar refractivity (Wildman–Crippen MR) is 105 cm³/mol. The van der Waals surface area contributed by atoms with Gasteiger partial charge < -0.3 is 20.1 Å². The Balaban J connectivity index is 0.00000312. The lowest BCUT2D eigenvalue weighted by Gasteiger charge is -2.21. The molecule has 0 amide bonds. The van der Waals surface area contributed by atoms with Crippen molar-refractivity contribution in [1.29, 1.82) is 0 Å². The number of hydrogen-bond donors (Lipinski definition) is 1. The molecule has 25 heavy (non-hydrogen) atoms. The number of ether oxygens (including phenoxy) is 2. The molecule has 0 atom stereocenters. The van der Waals surface area contributed by atoms with Crippen molar-refractivity contribution in [1.82, 2.24) is 4.90 Å². The molecular formula is C17H26F2IN3O2. The van der Waals surface area contributed by atoms with Crippen LogP contribution in [0.4, 0.5) is 8.78 Å². The molecule has 0 aromatic heterocycles. The summed E-state index contributed by atoms with van der Waals surface area (Å²) in [6.45, 7) is -0.483. The van der Waals surface area contributed by atoms with E-state index in [1.165, 1.54) is 20.0 Å². The molecule has 1 aliphatic rings.